The first-order valence-corrected chi connectivity index (χ1v) is 8.72. The average molecular weight is 352 g/mol. The zero-order chi connectivity index (χ0) is 17.9. The summed E-state index contributed by atoms with van der Waals surface area (Å²) >= 11 is 0. The number of para-hydroxylation sites is 1. The molecule has 1 saturated heterocycles. The molecule has 1 N–H and O–H groups in total. The number of aromatic nitrogens is 2. The lowest BCUT2D eigenvalue weighted by atomic mass is 10.2. The summed E-state index contributed by atoms with van der Waals surface area (Å²) in [5, 5.41) is 9.22. The maximum atomic E-state index is 11.2. The van der Waals surface area contributed by atoms with E-state index < -0.39 is 5.97 Å². The van der Waals surface area contributed by atoms with Crippen molar-refractivity contribution in [1.82, 2.24) is 9.55 Å². The molecule has 1 aromatic heterocycles. The van der Waals surface area contributed by atoms with Gasteiger partial charge < -0.3 is 19.1 Å². The van der Waals surface area contributed by atoms with Crippen molar-refractivity contribution in [3.8, 4) is 5.75 Å². The average Bonchev–Trinajstić information content (AvgIpc) is 3.29. The van der Waals surface area contributed by atoms with Crippen LogP contribution >= 0.6 is 0 Å². The molecule has 0 saturated carbocycles. The van der Waals surface area contributed by atoms with Gasteiger partial charge in [0.15, 0.2) is 0 Å². The van der Waals surface area contributed by atoms with Gasteiger partial charge in [-0.3, -0.25) is 0 Å². The molecule has 1 aliphatic rings. The summed E-state index contributed by atoms with van der Waals surface area (Å²) < 4.78 is 13.7. The monoisotopic (exact) mass is 352 g/mol. The molecule has 0 spiro atoms. The summed E-state index contributed by atoms with van der Waals surface area (Å²) in [4.78, 5) is 15.9. The van der Waals surface area contributed by atoms with Crippen LogP contribution in [0.4, 0.5) is 0 Å². The Bertz CT molecular complexity index is 914. The molecule has 134 valence electrons. The number of fused-ring (bicyclic) bond motifs is 1. The molecule has 6 nitrogen and oxygen atoms in total. The normalized spacial score (nSPS) is 16.8. The fourth-order valence-electron chi connectivity index (χ4n) is 3.28. The van der Waals surface area contributed by atoms with Crippen molar-refractivity contribution >= 4 is 17.0 Å². The van der Waals surface area contributed by atoms with Gasteiger partial charge in [-0.1, -0.05) is 18.2 Å². The maximum absolute atomic E-state index is 11.2. The predicted octanol–water partition coefficient (Wildman–Crippen LogP) is 3.49. The maximum Gasteiger partial charge on any atom is 0.335 e. The Hall–Kier alpha value is -2.86. The number of aromatic carboxylic acids is 1. The van der Waals surface area contributed by atoms with E-state index in [9.17, 15) is 9.90 Å². The van der Waals surface area contributed by atoms with Crippen molar-refractivity contribution in [1.29, 1.82) is 0 Å². The Morgan fingerprint density at radius 2 is 2.12 bits per heavy atom. The molecule has 2 aromatic carbocycles. The van der Waals surface area contributed by atoms with Crippen molar-refractivity contribution in [2.24, 2.45) is 0 Å². The van der Waals surface area contributed by atoms with Crippen molar-refractivity contribution in [2.45, 2.75) is 32.1 Å². The Labute approximate surface area is 151 Å². The zero-order valence-electron chi connectivity index (χ0n) is 14.3. The van der Waals surface area contributed by atoms with Gasteiger partial charge in [0.1, 0.15) is 18.2 Å². The van der Waals surface area contributed by atoms with Crippen molar-refractivity contribution in [3.63, 3.8) is 0 Å². The highest BCUT2D eigenvalue weighted by molar-refractivity contribution is 5.92. The molecule has 26 heavy (non-hydrogen) atoms. The van der Waals surface area contributed by atoms with E-state index in [1.807, 2.05) is 36.4 Å². The van der Waals surface area contributed by atoms with E-state index in [4.69, 9.17) is 9.47 Å². The third-order valence-electron chi connectivity index (χ3n) is 4.60. The van der Waals surface area contributed by atoms with Gasteiger partial charge in [0.25, 0.3) is 0 Å². The van der Waals surface area contributed by atoms with E-state index in [-0.39, 0.29) is 11.7 Å². The zero-order valence-corrected chi connectivity index (χ0v) is 14.3. The molecular formula is C20H20N2O4. The van der Waals surface area contributed by atoms with E-state index in [0.29, 0.717) is 18.7 Å². The minimum absolute atomic E-state index is 0.155. The number of carboxylic acids is 1. The molecule has 2 heterocycles. The molecule has 0 bridgehead atoms. The van der Waals surface area contributed by atoms with Crippen LogP contribution in [0.1, 0.15) is 29.0 Å². The van der Waals surface area contributed by atoms with Crippen LogP contribution in [0.15, 0.2) is 48.5 Å². The topological polar surface area (TPSA) is 73.6 Å². The number of carbonyl (C=O) groups is 1. The van der Waals surface area contributed by atoms with Crippen LogP contribution in [0, 0.1) is 0 Å². The van der Waals surface area contributed by atoms with Crippen molar-refractivity contribution in [3.05, 3.63) is 59.9 Å². The molecule has 6 heteroatoms. The third-order valence-corrected chi connectivity index (χ3v) is 4.60. The minimum atomic E-state index is -0.956. The molecule has 4 rings (SSSR count). The van der Waals surface area contributed by atoms with Gasteiger partial charge in [-0.15, -0.1) is 0 Å². The van der Waals surface area contributed by atoms with Crippen LogP contribution < -0.4 is 4.74 Å². The number of hydrogen-bond acceptors (Lipinski definition) is 4. The van der Waals surface area contributed by atoms with E-state index in [0.717, 1.165) is 36.5 Å². The first-order valence-electron chi connectivity index (χ1n) is 8.72. The molecule has 0 amide bonds. The number of imidazole rings is 1. The lowest BCUT2D eigenvalue weighted by molar-refractivity contribution is 0.0697. The van der Waals surface area contributed by atoms with E-state index in [1.165, 1.54) is 0 Å². The van der Waals surface area contributed by atoms with Gasteiger partial charge in [0, 0.05) is 6.61 Å². The number of carboxylic acid groups (broad SMARTS) is 1. The molecule has 0 radical (unpaired) electrons. The van der Waals surface area contributed by atoms with Gasteiger partial charge in [-0.05, 0) is 43.2 Å². The first-order chi connectivity index (χ1) is 12.7. The summed E-state index contributed by atoms with van der Waals surface area (Å²) in [5.41, 5.74) is 1.79. The highest BCUT2D eigenvalue weighted by Crippen LogP contribution is 2.23. The second-order valence-electron chi connectivity index (χ2n) is 6.38. The molecular weight excluding hydrogens is 332 g/mol. The SMILES string of the molecule is O=C(O)c1ccc2c(c1)nc(COc1ccccc1)n2CC1CCCO1. The highest BCUT2D eigenvalue weighted by Gasteiger charge is 2.20. The van der Waals surface area contributed by atoms with Crippen LogP contribution in [-0.4, -0.2) is 33.3 Å². The highest BCUT2D eigenvalue weighted by atomic mass is 16.5. The van der Waals surface area contributed by atoms with Crippen LogP contribution in [0.2, 0.25) is 0 Å². The Morgan fingerprint density at radius 1 is 1.27 bits per heavy atom. The van der Waals surface area contributed by atoms with Crippen LogP contribution in [0.3, 0.4) is 0 Å². The second-order valence-corrected chi connectivity index (χ2v) is 6.38. The van der Waals surface area contributed by atoms with Gasteiger partial charge >= 0.3 is 5.97 Å². The van der Waals surface area contributed by atoms with Crippen molar-refractivity contribution < 1.29 is 19.4 Å². The van der Waals surface area contributed by atoms with Crippen molar-refractivity contribution in [2.75, 3.05) is 6.61 Å². The lowest BCUT2D eigenvalue weighted by Crippen LogP contribution is -2.18. The fraction of sp³-hybridized carbons (Fsp3) is 0.300. The molecule has 3 aromatic rings. The Balaban J connectivity index is 1.67. The van der Waals surface area contributed by atoms with E-state index in [1.54, 1.807) is 12.1 Å². The van der Waals surface area contributed by atoms with E-state index >= 15 is 0 Å². The van der Waals surface area contributed by atoms with Gasteiger partial charge in [-0.25, -0.2) is 9.78 Å². The smallest absolute Gasteiger partial charge is 0.335 e. The van der Waals surface area contributed by atoms with Crippen LogP contribution in [0.25, 0.3) is 11.0 Å². The minimum Gasteiger partial charge on any atom is -0.486 e. The number of nitrogens with zero attached hydrogens (tertiary/aromatic N) is 2. The van der Waals surface area contributed by atoms with Crippen LogP contribution in [0.5, 0.6) is 5.75 Å². The lowest BCUT2D eigenvalue weighted by Gasteiger charge is -2.14. The molecule has 1 unspecified atom stereocenters. The van der Waals surface area contributed by atoms with Gasteiger partial charge in [-0.2, -0.15) is 0 Å². The molecule has 1 aliphatic heterocycles. The third kappa shape index (κ3) is 3.41. The number of benzene rings is 2. The molecule has 1 atom stereocenters. The number of hydrogen-bond donors (Lipinski definition) is 1. The summed E-state index contributed by atoms with van der Waals surface area (Å²) in [5.74, 6) is 0.582. The number of ether oxygens (including phenoxy) is 2. The second kappa shape index (κ2) is 7.17. The number of rotatable bonds is 6. The quantitative estimate of drug-likeness (QED) is 0.735. The summed E-state index contributed by atoms with van der Waals surface area (Å²) in [6, 6.07) is 14.6. The molecule has 1 fully saturated rings. The Morgan fingerprint density at radius 3 is 2.85 bits per heavy atom. The van der Waals surface area contributed by atoms with E-state index in [2.05, 4.69) is 9.55 Å². The fourth-order valence-corrected chi connectivity index (χ4v) is 3.28. The predicted molar refractivity (Wildman–Crippen MR) is 96.4 cm³/mol. The summed E-state index contributed by atoms with van der Waals surface area (Å²) in [6.07, 6.45) is 2.24. The van der Waals surface area contributed by atoms with Gasteiger partial charge in [0.05, 0.1) is 29.2 Å². The van der Waals surface area contributed by atoms with Crippen LogP contribution in [-0.2, 0) is 17.9 Å². The summed E-state index contributed by atoms with van der Waals surface area (Å²) in [7, 11) is 0. The van der Waals surface area contributed by atoms with Gasteiger partial charge in [0.2, 0.25) is 0 Å². The first kappa shape index (κ1) is 16.6. The Kier molecular flexibility index (Phi) is 4.58. The summed E-state index contributed by atoms with van der Waals surface area (Å²) in [6.45, 7) is 1.79. The molecule has 0 aliphatic carbocycles. The standard InChI is InChI=1S/C20H20N2O4/c23-20(24)14-8-9-18-17(11-14)21-19(13-26-15-5-2-1-3-6-15)22(18)12-16-7-4-10-25-16/h1-3,5-6,8-9,11,16H,4,7,10,12-13H2,(H,23,24). The largest absolute Gasteiger partial charge is 0.486 e.